The molecule has 1 N–H and O–H groups in total. The highest BCUT2D eigenvalue weighted by atomic mass is 16.5. The molecule has 0 spiro atoms. The molecule has 0 atom stereocenters. The number of methoxy groups -OCH3 is 2. The topological polar surface area (TPSA) is 54.0 Å². The van der Waals surface area contributed by atoms with E-state index in [-0.39, 0.29) is 5.91 Å². The third-order valence-electron chi connectivity index (χ3n) is 6.48. The minimum absolute atomic E-state index is 0.0495. The summed E-state index contributed by atoms with van der Waals surface area (Å²) in [7, 11) is 3.25. The maximum Gasteiger partial charge on any atom is 0.251 e. The van der Waals surface area contributed by atoms with Gasteiger partial charge in [-0.3, -0.25) is 14.6 Å². The van der Waals surface area contributed by atoms with Gasteiger partial charge in [0.1, 0.15) is 0 Å². The van der Waals surface area contributed by atoms with Gasteiger partial charge in [-0.25, -0.2) is 0 Å². The lowest BCUT2D eigenvalue weighted by Crippen LogP contribution is -2.45. The Morgan fingerprint density at radius 1 is 0.743 bits per heavy atom. The van der Waals surface area contributed by atoms with Crippen molar-refractivity contribution in [2.75, 3.05) is 46.9 Å². The smallest absolute Gasteiger partial charge is 0.251 e. The van der Waals surface area contributed by atoms with Gasteiger partial charge in [0.15, 0.2) is 11.5 Å². The Balaban J connectivity index is 1.20. The summed E-state index contributed by atoms with van der Waals surface area (Å²) in [5, 5.41) is 3.01. The number of hydrogen-bond donors (Lipinski definition) is 1. The zero-order valence-electron chi connectivity index (χ0n) is 20.7. The molecule has 1 fully saturated rings. The predicted octanol–water partition coefficient (Wildman–Crippen LogP) is 3.99. The van der Waals surface area contributed by atoms with E-state index < -0.39 is 0 Å². The monoisotopic (exact) mass is 473 g/mol. The minimum atomic E-state index is -0.0495. The molecular weight excluding hydrogens is 438 g/mol. The molecule has 4 rings (SSSR count). The van der Waals surface area contributed by atoms with Crippen molar-refractivity contribution in [3.05, 3.63) is 95.1 Å². The fourth-order valence-electron chi connectivity index (χ4n) is 4.43. The summed E-state index contributed by atoms with van der Waals surface area (Å²) in [5.41, 5.74) is 4.39. The molecule has 3 aromatic rings. The number of nitrogens with zero attached hydrogens (tertiary/aromatic N) is 2. The van der Waals surface area contributed by atoms with Crippen LogP contribution in [-0.4, -0.2) is 62.7 Å². The van der Waals surface area contributed by atoms with Crippen LogP contribution in [-0.2, 0) is 19.5 Å². The Labute approximate surface area is 208 Å². The number of carbonyl (C=O) groups excluding carboxylic acids is 1. The molecule has 1 amide bonds. The predicted molar refractivity (Wildman–Crippen MR) is 139 cm³/mol. The van der Waals surface area contributed by atoms with E-state index in [1.54, 1.807) is 14.2 Å². The van der Waals surface area contributed by atoms with Crippen LogP contribution in [0.25, 0.3) is 0 Å². The number of rotatable bonds is 10. The number of piperazine rings is 1. The fourth-order valence-corrected chi connectivity index (χ4v) is 4.43. The first-order valence-corrected chi connectivity index (χ1v) is 12.2. The third kappa shape index (κ3) is 7.07. The molecule has 35 heavy (non-hydrogen) atoms. The van der Waals surface area contributed by atoms with Gasteiger partial charge in [-0.1, -0.05) is 48.5 Å². The van der Waals surface area contributed by atoms with Crippen LogP contribution in [0.5, 0.6) is 11.5 Å². The Bertz CT molecular complexity index is 1080. The number of ether oxygens (including phenoxy) is 2. The van der Waals surface area contributed by atoms with E-state index >= 15 is 0 Å². The van der Waals surface area contributed by atoms with E-state index in [1.807, 2.05) is 30.3 Å². The summed E-state index contributed by atoms with van der Waals surface area (Å²) in [4.78, 5) is 17.6. The van der Waals surface area contributed by atoms with Gasteiger partial charge < -0.3 is 14.8 Å². The molecular formula is C29H35N3O3. The van der Waals surface area contributed by atoms with Crippen LogP contribution >= 0.6 is 0 Å². The SMILES string of the molecule is COc1ccc(CCNC(=O)c2ccc(CN3CCN(Cc4ccccc4)CC3)cc2)cc1OC. The van der Waals surface area contributed by atoms with E-state index in [4.69, 9.17) is 9.47 Å². The maximum absolute atomic E-state index is 12.6. The third-order valence-corrected chi connectivity index (χ3v) is 6.48. The summed E-state index contributed by atoms with van der Waals surface area (Å²) in [6, 6.07) is 24.5. The highest BCUT2D eigenvalue weighted by Gasteiger charge is 2.17. The van der Waals surface area contributed by atoms with Gasteiger partial charge in [0, 0.05) is 51.4 Å². The van der Waals surface area contributed by atoms with Crippen molar-refractivity contribution >= 4 is 5.91 Å². The molecule has 184 valence electrons. The Hall–Kier alpha value is -3.35. The average Bonchev–Trinajstić information content (AvgIpc) is 2.90. The summed E-state index contributed by atoms with van der Waals surface area (Å²) in [6.45, 7) is 6.77. The van der Waals surface area contributed by atoms with Crippen molar-refractivity contribution in [1.82, 2.24) is 15.1 Å². The molecule has 1 heterocycles. The van der Waals surface area contributed by atoms with Crippen molar-refractivity contribution in [3.63, 3.8) is 0 Å². The highest BCUT2D eigenvalue weighted by molar-refractivity contribution is 5.94. The highest BCUT2D eigenvalue weighted by Crippen LogP contribution is 2.27. The summed E-state index contributed by atoms with van der Waals surface area (Å²) >= 11 is 0. The first-order chi connectivity index (χ1) is 17.1. The van der Waals surface area contributed by atoms with Crippen molar-refractivity contribution in [3.8, 4) is 11.5 Å². The largest absolute Gasteiger partial charge is 0.493 e. The van der Waals surface area contributed by atoms with Gasteiger partial charge in [-0.05, 0) is 47.4 Å². The molecule has 6 nitrogen and oxygen atoms in total. The lowest BCUT2D eigenvalue weighted by Gasteiger charge is -2.34. The molecule has 0 saturated carbocycles. The minimum Gasteiger partial charge on any atom is -0.493 e. The van der Waals surface area contributed by atoms with E-state index in [2.05, 4.69) is 57.6 Å². The lowest BCUT2D eigenvalue weighted by molar-refractivity contribution is 0.0954. The van der Waals surface area contributed by atoms with Crippen LogP contribution in [0.1, 0.15) is 27.0 Å². The second-order valence-corrected chi connectivity index (χ2v) is 8.93. The summed E-state index contributed by atoms with van der Waals surface area (Å²) < 4.78 is 10.6. The zero-order chi connectivity index (χ0) is 24.5. The molecule has 0 aliphatic carbocycles. The van der Waals surface area contributed by atoms with Crippen molar-refractivity contribution in [1.29, 1.82) is 0 Å². The van der Waals surface area contributed by atoms with Crippen LogP contribution in [0, 0.1) is 0 Å². The Morgan fingerprint density at radius 2 is 1.31 bits per heavy atom. The molecule has 0 unspecified atom stereocenters. The average molecular weight is 474 g/mol. The number of carbonyl (C=O) groups is 1. The number of hydrogen-bond acceptors (Lipinski definition) is 5. The molecule has 0 radical (unpaired) electrons. The van der Waals surface area contributed by atoms with Crippen LogP contribution in [0.3, 0.4) is 0 Å². The molecule has 1 aliphatic heterocycles. The molecule has 3 aromatic carbocycles. The number of amides is 1. The van der Waals surface area contributed by atoms with Crippen molar-refractivity contribution < 1.29 is 14.3 Å². The zero-order valence-corrected chi connectivity index (χ0v) is 20.7. The van der Waals surface area contributed by atoms with Crippen molar-refractivity contribution in [2.45, 2.75) is 19.5 Å². The molecule has 1 aliphatic rings. The van der Waals surface area contributed by atoms with E-state index in [9.17, 15) is 4.79 Å². The van der Waals surface area contributed by atoms with Gasteiger partial charge in [-0.15, -0.1) is 0 Å². The second-order valence-electron chi connectivity index (χ2n) is 8.93. The summed E-state index contributed by atoms with van der Waals surface area (Å²) in [5.74, 6) is 1.35. The van der Waals surface area contributed by atoms with Crippen LogP contribution < -0.4 is 14.8 Å². The molecule has 0 bridgehead atoms. The second kappa shape index (κ2) is 12.4. The lowest BCUT2D eigenvalue weighted by atomic mass is 10.1. The van der Waals surface area contributed by atoms with Crippen LogP contribution in [0.15, 0.2) is 72.8 Å². The Kier molecular flexibility index (Phi) is 8.76. The maximum atomic E-state index is 12.6. The van der Waals surface area contributed by atoms with Gasteiger partial charge in [0.25, 0.3) is 5.91 Å². The van der Waals surface area contributed by atoms with Crippen molar-refractivity contribution in [2.24, 2.45) is 0 Å². The molecule has 6 heteroatoms. The van der Waals surface area contributed by atoms with E-state index in [0.29, 0.717) is 23.6 Å². The quantitative estimate of drug-likeness (QED) is 0.483. The molecule has 1 saturated heterocycles. The van der Waals surface area contributed by atoms with E-state index in [0.717, 1.165) is 51.3 Å². The fraction of sp³-hybridized carbons (Fsp3) is 0.345. The first-order valence-electron chi connectivity index (χ1n) is 12.2. The van der Waals surface area contributed by atoms with Gasteiger partial charge in [-0.2, -0.15) is 0 Å². The van der Waals surface area contributed by atoms with Gasteiger partial charge in [0.05, 0.1) is 14.2 Å². The number of nitrogens with one attached hydrogen (secondary N) is 1. The standard InChI is InChI=1S/C29H35N3O3/c1-34-27-13-10-23(20-28(27)35-2)14-15-30-29(33)26-11-8-25(9-12-26)22-32-18-16-31(17-19-32)21-24-6-4-3-5-7-24/h3-13,20H,14-19,21-22H2,1-2H3,(H,30,33). The normalized spacial score (nSPS) is 14.5. The Morgan fingerprint density at radius 3 is 1.91 bits per heavy atom. The molecule has 0 aromatic heterocycles. The van der Waals surface area contributed by atoms with E-state index in [1.165, 1.54) is 11.1 Å². The number of benzene rings is 3. The van der Waals surface area contributed by atoms with Crippen LogP contribution in [0.4, 0.5) is 0 Å². The first kappa shape index (κ1) is 24.8. The van der Waals surface area contributed by atoms with Gasteiger partial charge >= 0.3 is 0 Å². The summed E-state index contributed by atoms with van der Waals surface area (Å²) in [6.07, 6.45) is 0.723. The van der Waals surface area contributed by atoms with Gasteiger partial charge in [0.2, 0.25) is 0 Å². The van der Waals surface area contributed by atoms with Crippen LogP contribution in [0.2, 0.25) is 0 Å².